The van der Waals surface area contributed by atoms with Crippen molar-refractivity contribution in [2.75, 3.05) is 13.6 Å². The molecule has 1 N–H and O–H groups in total. The van der Waals surface area contributed by atoms with Gasteiger partial charge in [-0.05, 0) is 35.7 Å². The van der Waals surface area contributed by atoms with Gasteiger partial charge in [-0.3, -0.25) is 14.4 Å². The zero-order chi connectivity index (χ0) is 19.4. The number of rotatable bonds is 5. The molecule has 0 aliphatic carbocycles. The van der Waals surface area contributed by atoms with Crippen molar-refractivity contribution in [1.29, 1.82) is 0 Å². The maximum atomic E-state index is 12.5. The summed E-state index contributed by atoms with van der Waals surface area (Å²) in [6, 6.07) is 14.9. The van der Waals surface area contributed by atoms with Crippen LogP contribution in [0.4, 0.5) is 0 Å². The molecule has 1 aliphatic heterocycles. The molecule has 0 saturated carbocycles. The summed E-state index contributed by atoms with van der Waals surface area (Å²) in [6.45, 7) is 2.39. The minimum absolute atomic E-state index is 0.0170. The van der Waals surface area contributed by atoms with Crippen molar-refractivity contribution in [2.45, 2.75) is 32.2 Å². The summed E-state index contributed by atoms with van der Waals surface area (Å²) in [5.41, 5.74) is 3.20. The maximum absolute atomic E-state index is 12.5. The molecule has 3 rings (SSSR count). The second-order valence-electron chi connectivity index (χ2n) is 6.92. The molecule has 0 spiro atoms. The van der Waals surface area contributed by atoms with Crippen molar-refractivity contribution in [1.82, 2.24) is 10.2 Å². The lowest BCUT2D eigenvalue weighted by molar-refractivity contribution is -0.132. The first-order valence-corrected chi connectivity index (χ1v) is 9.26. The molecule has 2 aromatic carbocycles. The molecule has 5 heteroatoms. The Bertz CT molecular complexity index is 858. The minimum Gasteiger partial charge on any atom is -0.348 e. The van der Waals surface area contributed by atoms with E-state index in [-0.39, 0.29) is 23.6 Å². The van der Waals surface area contributed by atoms with E-state index >= 15 is 0 Å². The SMILES string of the molecule is CCC(=O)c1cccc(-c2ccc(C(=O)NC3CCC(=O)N(C)C3)cc2)c1. The van der Waals surface area contributed by atoms with Gasteiger partial charge < -0.3 is 10.2 Å². The molecule has 27 heavy (non-hydrogen) atoms. The zero-order valence-electron chi connectivity index (χ0n) is 15.7. The maximum Gasteiger partial charge on any atom is 0.251 e. The highest BCUT2D eigenvalue weighted by Gasteiger charge is 2.24. The van der Waals surface area contributed by atoms with Crippen LogP contribution in [0.5, 0.6) is 0 Å². The number of hydrogen-bond acceptors (Lipinski definition) is 3. The normalized spacial score (nSPS) is 16.9. The van der Waals surface area contributed by atoms with Crippen LogP contribution in [0.25, 0.3) is 11.1 Å². The Morgan fingerprint density at radius 2 is 1.81 bits per heavy atom. The van der Waals surface area contributed by atoms with Gasteiger partial charge in [0.05, 0.1) is 0 Å². The van der Waals surface area contributed by atoms with E-state index in [9.17, 15) is 14.4 Å². The topological polar surface area (TPSA) is 66.5 Å². The number of piperidine rings is 1. The molecule has 1 unspecified atom stereocenters. The van der Waals surface area contributed by atoms with E-state index in [1.54, 1.807) is 24.1 Å². The molecule has 140 valence electrons. The van der Waals surface area contributed by atoms with Crippen LogP contribution in [0.2, 0.25) is 0 Å². The first kappa shape index (κ1) is 18.8. The Kier molecular flexibility index (Phi) is 5.69. The monoisotopic (exact) mass is 364 g/mol. The Hall–Kier alpha value is -2.95. The van der Waals surface area contributed by atoms with Crippen molar-refractivity contribution in [3.8, 4) is 11.1 Å². The molecule has 2 aromatic rings. The van der Waals surface area contributed by atoms with Gasteiger partial charge in [0.25, 0.3) is 5.91 Å². The van der Waals surface area contributed by atoms with Gasteiger partial charge in [-0.1, -0.05) is 37.3 Å². The summed E-state index contributed by atoms with van der Waals surface area (Å²) in [7, 11) is 1.76. The predicted octanol–water partition coefficient (Wildman–Crippen LogP) is 3.30. The molecule has 5 nitrogen and oxygen atoms in total. The number of nitrogens with one attached hydrogen (secondary N) is 1. The molecule has 0 radical (unpaired) electrons. The summed E-state index contributed by atoms with van der Waals surface area (Å²) in [6.07, 6.45) is 1.61. The third-order valence-electron chi connectivity index (χ3n) is 4.95. The van der Waals surface area contributed by atoms with E-state index in [1.165, 1.54) is 0 Å². The van der Waals surface area contributed by atoms with Crippen molar-refractivity contribution in [2.24, 2.45) is 0 Å². The number of benzene rings is 2. The van der Waals surface area contributed by atoms with E-state index < -0.39 is 0 Å². The van der Waals surface area contributed by atoms with Crippen LogP contribution in [-0.4, -0.2) is 42.1 Å². The van der Waals surface area contributed by atoms with Crippen LogP contribution in [0.15, 0.2) is 48.5 Å². The Labute approximate surface area is 159 Å². The lowest BCUT2D eigenvalue weighted by Gasteiger charge is -2.30. The largest absolute Gasteiger partial charge is 0.348 e. The number of hydrogen-bond donors (Lipinski definition) is 1. The van der Waals surface area contributed by atoms with Crippen LogP contribution in [0.1, 0.15) is 46.9 Å². The third-order valence-corrected chi connectivity index (χ3v) is 4.95. The van der Waals surface area contributed by atoms with Gasteiger partial charge >= 0.3 is 0 Å². The Morgan fingerprint density at radius 1 is 1.07 bits per heavy atom. The fourth-order valence-electron chi connectivity index (χ4n) is 3.29. The molecule has 0 bridgehead atoms. The highest BCUT2D eigenvalue weighted by molar-refractivity contribution is 5.97. The second kappa shape index (κ2) is 8.16. The predicted molar refractivity (Wildman–Crippen MR) is 105 cm³/mol. The molecule has 1 saturated heterocycles. The standard InChI is InChI=1S/C22H24N2O3/c1-3-20(25)18-6-4-5-17(13-18)15-7-9-16(10-8-15)22(27)23-19-11-12-21(26)24(2)14-19/h4-10,13,19H,3,11-12,14H2,1-2H3,(H,23,27). The highest BCUT2D eigenvalue weighted by atomic mass is 16.2. The van der Waals surface area contributed by atoms with Gasteiger partial charge in [-0.25, -0.2) is 0 Å². The first-order chi connectivity index (χ1) is 13.0. The minimum atomic E-state index is -0.135. The summed E-state index contributed by atoms with van der Waals surface area (Å²) in [5.74, 6) is 0.0987. The van der Waals surface area contributed by atoms with Crippen LogP contribution in [0, 0.1) is 0 Å². The number of likely N-dealkylation sites (N-methyl/N-ethyl adjacent to an activating group) is 1. The number of Topliss-reactive ketones (excluding diaryl/α,β-unsaturated/α-hetero) is 1. The first-order valence-electron chi connectivity index (χ1n) is 9.26. The van der Waals surface area contributed by atoms with Crippen molar-refractivity contribution < 1.29 is 14.4 Å². The number of likely N-dealkylation sites (tertiary alicyclic amines) is 1. The van der Waals surface area contributed by atoms with Gasteiger partial charge in [-0.2, -0.15) is 0 Å². The lowest BCUT2D eigenvalue weighted by atomic mass is 9.99. The molecule has 1 fully saturated rings. The molecule has 2 amide bonds. The van der Waals surface area contributed by atoms with Crippen LogP contribution < -0.4 is 5.32 Å². The Balaban J connectivity index is 1.69. The van der Waals surface area contributed by atoms with Crippen molar-refractivity contribution >= 4 is 17.6 Å². The van der Waals surface area contributed by atoms with E-state index in [1.807, 2.05) is 43.3 Å². The number of carbonyl (C=O) groups is 3. The van der Waals surface area contributed by atoms with E-state index in [2.05, 4.69) is 5.32 Å². The van der Waals surface area contributed by atoms with Gasteiger partial charge in [0, 0.05) is 43.6 Å². The van der Waals surface area contributed by atoms with Gasteiger partial charge in [0.2, 0.25) is 5.91 Å². The number of nitrogens with zero attached hydrogens (tertiary/aromatic N) is 1. The number of amides is 2. The highest BCUT2D eigenvalue weighted by Crippen LogP contribution is 2.22. The quantitative estimate of drug-likeness (QED) is 0.828. The summed E-state index contributed by atoms with van der Waals surface area (Å²) in [4.78, 5) is 37.6. The van der Waals surface area contributed by atoms with E-state index in [0.717, 1.165) is 11.1 Å². The number of carbonyl (C=O) groups excluding carboxylic acids is 3. The zero-order valence-corrected chi connectivity index (χ0v) is 15.7. The third kappa shape index (κ3) is 4.42. The van der Waals surface area contributed by atoms with Gasteiger partial charge in [-0.15, -0.1) is 0 Å². The molecular formula is C22H24N2O3. The second-order valence-corrected chi connectivity index (χ2v) is 6.92. The van der Waals surface area contributed by atoms with Crippen LogP contribution >= 0.6 is 0 Å². The number of ketones is 1. The molecule has 0 aromatic heterocycles. The van der Waals surface area contributed by atoms with E-state index in [4.69, 9.17) is 0 Å². The fourth-order valence-corrected chi connectivity index (χ4v) is 3.29. The van der Waals surface area contributed by atoms with Crippen LogP contribution in [0.3, 0.4) is 0 Å². The van der Waals surface area contributed by atoms with Crippen molar-refractivity contribution in [3.63, 3.8) is 0 Å². The molecule has 1 aliphatic rings. The van der Waals surface area contributed by atoms with Crippen molar-refractivity contribution in [3.05, 3.63) is 59.7 Å². The van der Waals surface area contributed by atoms with E-state index in [0.29, 0.717) is 36.9 Å². The van der Waals surface area contributed by atoms with Gasteiger partial charge in [0.15, 0.2) is 5.78 Å². The van der Waals surface area contributed by atoms with Gasteiger partial charge in [0.1, 0.15) is 0 Å². The average molecular weight is 364 g/mol. The fraction of sp³-hybridized carbons (Fsp3) is 0.318. The summed E-state index contributed by atoms with van der Waals surface area (Å²) < 4.78 is 0. The molecular weight excluding hydrogens is 340 g/mol. The Morgan fingerprint density at radius 3 is 2.48 bits per heavy atom. The lowest BCUT2D eigenvalue weighted by Crippen LogP contribution is -2.48. The molecule has 1 atom stereocenters. The summed E-state index contributed by atoms with van der Waals surface area (Å²) in [5, 5.41) is 3.00. The average Bonchev–Trinajstić information content (AvgIpc) is 2.70. The van der Waals surface area contributed by atoms with Crippen LogP contribution in [-0.2, 0) is 4.79 Å². The molecule has 1 heterocycles. The smallest absolute Gasteiger partial charge is 0.251 e. The summed E-state index contributed by atoms with van der Waals surface area (Å²) >= 11 is 0.